The number of nitrogens with one attached hydrogen (secondary N) is 1. The molecule has 230 valence electrons. The third-order valence-corrected chi connectivity index (χ3v) is 8.72. The Morgan fingerprint density at radius 3 is 2.33 bits per heavy atom. The lowest BCUT2D eigenvalue weighted by molar-refractivity contribution is -0.116. The number of fused-ring (bicyclic) bond motifs is 1. The molecule has 1 N–H and O–H groups in total. The number of amides is 1. The quantitative estimate of drug-likeness (QED) is 0.220. The van der Waals surface area contributed by atoms with E-state index in [1.807, 2.05) is 104 Å². The van der Waals surface area contributed by atoms with E-state index in [9.17, 15) is 9.59 Å². The molecule has 0 saturated carbocycles. The van der Waals surface area contributed by atoms with Crippen molar-refractivity contribution < 1.29 is 23.8 Å². The molecule has 4 aromatic carbocycles. The number of Topliss-reactive ketones (excluding diaryl/α,β-unsaturated/α-hetero) is 1. The van der Waals surface area contributed by atoms with Gasteiger partial charge in [-0.3, -0.25) is 14.5 Å². The zero-order valence-corrected chi connectivity index (χ0v) is 26.1. The fraction of sp³-hybridized carbons (Fsp3) is 0.263. The smallest absolute Gasteiger partial charge is 0.259 e. The van der Waals surface area contributed by atoms with Gasteiger partial charge in [-0.15, -0.1) is 0 Å². The van der Waals surface area contributed by atoms with Crippen LogP contribution in [0, 0.1) is 0 Å². The lowest BCUT2D eigenvalue weighted by Gasteiger charge is -2.36. The van der Waals surface area contributed by atoms with Crippen LogP contribution >= 0.6 is 0 Å². The monoisotopic (exact) mass is 602 g/mol. The number of hydrogen-bond donors (Lipinski definition) is 1. The van der Waals surface area contributed by atoms with Crippen molar-refractivity contribution >= 4 is 23.1 Å². The van der Waals surface area contributed by atoms with E-state index >= 15 is 0 Å². The van der Waals surface area contributed by atoms with Crippen LogP contribution in [0.3, 0.4) is 0 Å². The lowest BCUT2D eigenvalue weighted by atomic mass is 9.78. The maximum atomic E-state index is 14.6. The minimum absolute atomic E-state index is 0.0226. The van der Waals surface area contributed by atoms with Crippen LogP contribution in [-0.4, -0.2) is 32.0 Å². The van der Waals surface area contributed by atoms with Gasteiger partial charge in [-0.2, -0.15) is 0 Å². The zero-order chi connectivity index (χ0) is 31.5. The van der Waals surface area contributed by atoms with Gasteiger partial charge in [0.1, 0.15) is 5.75 Å². The fourth-order valence-electron chi connectivity index (χ4n) is 6.28. The number of benzene rings is 4. The van der Waals surface area contributed by atoms with E-state index in [0.29, 0.717) is 40.5 Å². The van der Waals surface area contributed by atoms with Gasteiger partial charge >= 0.3 is 0 Å². The van der Waals surface area contributed by atoms with E-state index in [0.717, 1.165) is 28.9 Å². The SMILES string of the molecule is CC[C@H](C)Oc1ccccc1[C@@H]1C2=C(C[C@H](c3ccc(OC)c(OC)c3)CC2=O)Nc2ccccc2N1C(=O)c1ccccc1. The van der Waals surface area contributed by atoms with Crippen molar-refractivity contribution in [1.82, 2.24) is 0 Å². The van der Waals surface area contributed by atoms with Crippen molar-refractivity contribution in [3.05, 3.63) is 125 Å². The molecular weight excluding hydrogens is 564 g/mol. The molecule has 1 aliphatic heterocycles. The fourth-order valence-corrected chi connectivity index (χ4v) is 6.28. The molecule has 6 rings (SSSR count). The first-order chi connectivity index (χ1) is 21.9. The zero-order valence-electron chi connectivity index (χ0n) is 26.1. The molecule has 0 radical (unpaired) electrons. The van der Waals surface area contributed by atoms with Gasteiger partial charge in [-0.25, -0.2) is 0 Å². The third kappa shape index (κ3) is 5.78. The number of hydrogen-bond acceptors (Lipinski definition) is 6. The predicted octanol–water partition coefficient (Wildman–Crippen LogP) is 8.10. The van der Waals surface area contributed by atoms with E-state index in [1.54, 1.807) is 19.1 Å². The summed E-state index contributed by atoms with van der Waals surface area (Å²) in [5.41, 5.74) is 5.12. The second-order valence-electron chi connectivity index (χ2n) is 11.5. The molecule has 0 aromatic heterocycles. The van der Waals surface area contributed by atoms with Crippen LogP contribution in [0.5, 0.6) is 17.2 Å². The molecule has 45 heavy (non-hydrogen) atoms. The number of methoxy groups -OCH3 is 2. The molecule has 2 aliphatic rings. The van der Waals surface area contributed by atoms with Crippen LogP contribution in [0.15, 0.2) is 108 Å². The molecule has 3 atom stereocenters. The molecule has 4 aromatic rings. The molecule has 1 aliphatic carbocycles. The highest BCUT2D eigenvalue weighted by Gasteiger charge is 2.43. The summed E-state index contributed by atoms with van der Waals surface area (Å²) in [5.74, 6) is 1.60. The standard InChI is InChI=1S/C38H38N2O5/c1-5-24(2)45-33-18-12-9-15-28(33)37-36-30(21-27(22-32(36)41)26-19-20-34(43-3)35(23-26)44-4)39-29-16-10-11-17-31(29)40(37)38(42)25-13-7-6-8-14-25/h6-20,23-24,27,37,39H,5,21-22H2,1-4H3/t24-,27-,37+/m0/s1. The Balaban J connectivity index is 1.56. The number of ether oxygens (including phenoxy) is 3. The minimum Gasteiger partial charge on any atom is -0.493 e. The summed E-state index contributed by atoms with van der Waals surface area (Å²) < 4.78 is 17.5. The number of ketones is 1. The van der Waals surface area contributed by atoms with Crippen LogP contribution in [0.4, 0.5) is 11.4 Å². The second-order valence-corrected chi connectivity index (χ2v) is 11.5. The van der Waals surface area contributed by atoms with Crippen molar-refractivity contribution in [1.29, 1.82) is 0 Å². The highest BCUT2D eigenvalue weighted by Crippen LogP contribution is 2.50. The molecule has 0 bridgehead atoms. The molecule has 0 unspecified atom stereocenters. The highest BCUT2D eigenvalue weighted by molar-refractivity contribution is 6.12. The van der Waals surface area contributed by atoms with Crippen molar-refractivity contribution in [3.8, 4) is 17.2 Å². The summed E-state index contributed by atoms with van der Waals surface area (Å²) in [7, 11) is 3.22. The summed E-state index contributed by atoms with van der Waals surface area (Å²) in [4.78, 5) is 30.9. The van der Waals surface area contributed by atoms with Gasteiger partial charge in [-0.1, -0.05) is 61.5 Å². The average molecular weight is 603 g/mol. The highest BCUT2D eigenvalue weighted by atomic mass is 16.5. The van der Waals surface area contributed by atoms with Gasteiger partial charge in [0, 0.05) is 28.8 Å². The first-order valence-electron chi connectivity index (χ1n) is 15.4. The molecule has 1 heterocycles. The van der Waals surface area contributed by atoms with E-state index in [4.69, 9.17) is 14.2 Å². The Morgan fingerprint density at radius 1 is 0.867 bits per heavy atom. The first kappa shape index (κ1) is 30.0. The van der Waals surface area contributed by atoms with Crippen molar-refractivity contribution in [2.45, 2.75) is 51.2 Å². The van der Waals surface area contributed by atoms with Crippen LogP contribution in [0.1, 0.15) is 66.6 Å². The number of carbonyl (C=O) groups is 2. The molecule has 7 heteroatoms. The van der Waals surface area contributed by atoms with Crippen molar-refractivity contribution in [2.75, 3.05) is 24.4 Å². The Kier molecular flexibility index (Phi) is 8.60. The molecule has 1 amide bonds. The molecular formula is C38H38N2O5. The Hall–Kier alpha value is -5.04. The Morgan fingerprint density at radius 2 is 1.58 bits per heavy atom. The molecule has 0 spiro atoms. The number of anilines is 2. The summed E-state index contributed by atoms with van der Waals surface area (Å²) >= 11 is 0. The maximum absolute atomic E-state index is 14.6. The summed E-state index contributed by atoms with van der Waals surface area (Å²) in [5, 5.41) is 3.62. The minimum atomic E-state index is -0.719. The third-order valence-electron chi connectivity index (χ3n) is 8.72. The van der Waals surface area contributed by atoms with Crippen LogP contribution in [0.25, 0.3) is 0 Å². The van der Waals surface area contributed by atoms with Gasteiger partial charge < -0.3 is 19.5 Å². The van der Waals surface area contributed by atoms with Gasteiger partial charge in [-0.05, 0) is 73.7 Å². The second kappa shape index (κ2) is 12.9. The van der Waals surface area contributed by atoms with E-state index < -0.39 is 6.04 Å². The summed E-state index contributed by atoms with van der Waals surface area (Å²) in [6, 6.07) is 29.8. The van der Waals surface area contributed by atoms with Gasteiger partial charge in [0.2, 0.25) is 0 Å². The number of allylic oxidation sites excluding steroid dienone is 1. The average Bonchev–Trinajstić information content (AvgIpc) is 3.22. The van der Waals surface area contributed by atoms with Crippen LogP contribution in [-0.2, 0) is 4.79 Å². The van der Waals surface area contributed by atoms with E-state index in [-0.39, 0.29) is 30.1 Å². The number of rotatable bonds is 8. The van der Waals surface area contributed by atoms with Gasteiger partial charge in [0.15, 0.2) is 17.3 Å². The largest absolute Gasteiger partial charge is 0.493 e. The van der Waals surface area contributed by atoms with Crippen LogP contribution in [0.2, 0.25) is 0 Å². The van der Waals surface area contributed by atoms with E-state index in [2.05, 4.69) is 12.2 Å². The first-order valence-corrected chi connectivity index (χ1v) is 15.4. The van der Waals surface area contributed by atoms with Crippen molar-refractivity contribution in [3.63, 3.8) is 0 Å². The lowest BCUT2D eigenvalue weighted by Crippen LogP contribution is -2.38. The number of para-hydroxylation sites is 3. The summed E-state index contributed by atoms with van der Waals surface area (Å²) in [6.07, 6.45) is 1.62. The number of carbonyl (C=O) groups excluding carboxylic acids is 2. The number of nitrogens with zero attached hydrogens (tertiary/aromatic N) is 1. The molecule has 7 nitrogen and oxygen atoms in total. The molecule has 0 saturated heterocycles. The van der Waals surface area contributed by atoms with Crippen LogP contribution < -0.4 is 24.4 Å². The van der Waals surface area contributed by atoms with E-state index in [1.165, 1.54) is 0 Å². The Labute approximate surface area is 264 Å². The normalized spacial score (nSPS) is 18.2. The Bertz CT molecular complexity index is 1750. The maximum Gasteiger partial charge on any atom is 0.259 e. The molecule has 0 fully saturated rings. The predicted molar refractivity (Wildman–Crippen MR) is 176 cm³/mol. The summed E-state index contributed by atoms with van der Waals surface area (Å²) in [6.45, 7) is 4.10. The van der Waals surface area contributed by atoms with Gasteiger partial charge in [0.05, 0.1) is 37.7 Å². The topological polar surface area (TPSA) is 77.1 Å². The van der Waals surface area contributed by atoms with Gasteiger partial charge in [0.25, 0.3) is 5.91 Å². The van der Waals surface area contributed by atoms with Crippen molar-refractivity contribution in [2.24, 2.45) is 0 Å².